The third-order valence-electron chi connectivity index (χ3n) is 5.04. The lowest BCUT2D eigenvalue weighted by Crippen LogP contribution is -2.38. The van der Waals surface area contributed by atoms with E-state index in [0.29, 0.717) is 16.9 Å². The minimum Gasteiger partial charge on any atom is -0.349 e. The number of benzene rings is 1. The van der Waals surface area contributed by atoms with Gasteiger partial charge in [-0.25, -0.2) is 4.68 Å². The summed E-state index contributed by atoms with van der Waals surface area (Å²) >= 11 is 0. The highest BCUT2D eigenvalue weighted by atomic mass is 16.2. The fourth-order valence-electron chi connectivity index (χ4n) is 3.56. The van der Waals surface area contributed by atoms with Gasteiger partial charge in [-0.3, -0.25) is 14.4 Å². The van der Waals surface area contributed by atoms with Crippen molar-refractivity contribution in [2.24, 2.45) is 0 Å². The van der Waals surface area contributed by atoms with Gasteiger partial charge in [0.2, 0.25) is 5.91 Å². The molecule has 0 radical (unpaired) electrons. The first kappa shape index (κ1) is 21.5. The van der Waals surface area contributed by atoms with E-state index in [0.717, 1.165) is 25.7 Å². The number of hydrogen-bond donors (Lipinski definition) is 3. The van der Waals surface area contributed by atoms with Gasteiger partial charge < -0.3 is 16.0 Å². The van der Waals surface area contributed by atoms with Crippen LogP contribution in [-0.4, -0.2) is 44.8 Å². The maximum absolute atomic E-state index is 12.5. The highest BCUT2D eigenvalue weighted by Gasteiger charge is 2.25. The second-order valence-electron chi connectivity index (χ2n) is 7.95. The molecular formula is C21H28N6O3. The van der Waals surface area contributed by atoms with E-state index in [4.69, 9.17) is 0 Å². The zero-order chi connectivity index (χ0) is 21.7. The maximum Gasteiger partial charge on any atom is 0.273 e. The number of carbonyl (C=O) groups is 3. The Labute approximate surface area is 175 Å². The van der Waals surface area contributed by atoms with Crippen LogP contribution in [0, 0.1) is 0 Å². The fourth-order valence-corrected chi connectivity index (χ4v) is 3.56. The average Bonchev–Trinajstić information content (AvgIpc) is 3.18. The number of aromatic nitrogens is 3. The first-order chi connectivity index (χ1) is 14.3. The Balaban J connectivity index is 1.50. The van der Waals surface area contributed by atoms with Gasteiger partial charge in [0.05, 0.1) is 12.2 Å². The Morgan fingerprint density at radius 3 is 2.30 bits per heavy atom. The van der Waals surface area contributed by atoms with Crippen molar-refractivity contribution in [3.63, 3.8) is 0 Å². The Hall–Kier alpha value is -3.23. The number of rotatable bonds is 6. The molecule has 0 bridgehead atoms. The lowest BCUT2D eigenvalue weighted by Gasteiger charge is -2.29. The highest BCUT2D eigenvalue weighted by molar-refractivity contribution is 5.95. The first-order valence-electron chi connectivity index (χ1n) is 10.2. The summed E-state index contributed by atoms with van der Waals surface area (Å²) in [4.78, 5) is 35.6. The van der Waals surface area contributed by atoms with Gasteiger partial charge in [0.15, 0.2) is 5.69 Å². The van der Waals surface area contributed by atoms with Crippen LogP contribution < -0.4 is 16.0 Å². The van der Waals surface area contributed by atoms with Crippen molar-refractivity contribution in [1.82, 2.24) is 25.6 Å². The van der Waals surface area contributed by atoms with Crippen LogP contribution in [0.3, 0.4) is 0 Å². The lowest BCUT2D eigenvalue weighted by molar-refractivity contribution is -0.114. The molecule has 2 aromatic rings. The smallest absolute Gasteiger partial charge is 0.273 e. The summed E-state index contributed by atoms with van der Waals surface area (Å²) in [7, 11) is 0. The molecule has 160 valence electrons. The van der Waals surface area contributed by atoms with E-state index in [1.165, 1.54) is 6.92 Å². The molecular weight excluding hydrogens is 384 g/mol. The molecule has 0 unspecified atom stereocenters. The molecule has 1 aliphatic carbocycles. The third-order valence-corrected chi connectivity index (χ3v) is 5.04. The van der Waals surface area contributed by atoms with Gasteiger partial charge in [-0.2, -0.15) is 0 Å². The Bertz CT molecular complexity index is 898. The summed E-state index contributed by atoms with van der Waals surface area (Å²) in [5.41, 5.74) is 1.54. The van der Waals surface area contributed by atoms with Crippen molar-refractivity contribution in [2.75, 3.05) is 5.32 Å². The molecule has 3 N–H and O–H groups in total. The third kappa shape index (κ3) is 5.65. The molecule has 9 nitrogen and oxygen atoms in total. The summed E-state index contributed by atoms with van der Waals surface area (Å²) < 4.78 is 1.76. The molecule has 0 aliphatic heterocycles. The zero-order valence-corrected chi connectivity index (χ0v) is 17.5. The van der Waals surface area contributed by atoms with Gasteiger partial charge in [-0.15, -0.1) is 5.10 Å². The van der Waals surface area contributed by atoms with Crippen molar-refractivity contribution in [3.05, 3.63) is 41.7 Å². The van der Waals surface area contributed by atoms with E-state index in [1.54, 1.807) is 35.1 Å². The number of amides is 3. The number of nitrogens with zero attached hydrogens (tertiary/aromatic N) is 3. The van der Waals surface area contributed by atoms with Crippen LogP contribution in [-0.2, 0) is 4.79 Å². The fraction of sp³-hybridized carbons (Fsp3) is 0.476. The average molecular weight is 412 g/mol. The second kappa shape index (κ2) is 9.51. The number of hydrogen-bond acceptors (Lipinski definition) is 5. The van der Waals surface area contributed by atoms with Gasteiger partial charge in [-0.1, -0.05) is 5.21 Å². The van der Waals surface area contributed by atoms with E-state index >= 15 is 0 Å². The Kier molecular flexibility index (Phi) is 6.81. The standard InChI is InChI=1S/C21H28N6O3/c1-13(2)22-21(30)19-12-27(26-25-19)18-10-8-17(9-11-18)24-20(29)15-4-6-16(7-5-15)23-14(3)28/h4-7,12-13,17-18H,8-11H2,1-3H3,(H,22,30)(H,23,28)(H,24,29). The molecule has 1 aromatic heterocycles. The van der Waals surface area contributed by atoms with Crippen LogP contribution >= 0.6 is 0 Å². The second-order valence-corrected chi connectivity index (χ2v) is 7.95. The maximum atomic E-state index is 12.5. The van der Waals surface area contributed by atoms with E-state index in [-0.39, 0.29) is 35.8 Å². The minimum absolute atomic E-state index is 0.0447. The van der Waals surface area contributed by atoms with Crippen LogP contribution in [0.25, 0.3) is 0 Å². The van der Waals surface area contributed by atoms with E-state index in [9.17, 15) is 14.4 Å². The van der Waals surface area contributed by atoms with Crippen LogP contribution in [0.15, 0.2) is 30.5 Å². The molecule has 1 aliphatic rings. The predicted molar refractivity (Wildman–Crippen MR) is 112 cm³/mol. The van der Waals surface area contributed by atoms with Gasteiger partial charge in [-0.05, 0) is 63.8 Å². The molecule has 0 spiro atoms. The molecule has 1 heterocycles. The van der Waals surface area contributed by atoms with Crippen LogP contribution in [0.4, 0.5) is 5.69 Å². The first-order valence-corrected chi connectivity index (χ1v) is 10.2. The molecule has 1 fully saturated rings. The molecule has 0 saturated heterocycles. The largest absolute Gasteiger partial charge is 0.349 e. The summed E-state index contributed by atoms with van der Waals surface area (Å²) in [6, 6.07) is 7.13. The summed E-state index contributed by atoms with van der Waals surface area (Å²) in [5, 5.41) is 16.7. The van der Waals surface area contributed by atoms with Crippen molar-refractivity contribution in [3.8, 4) is 0 Å². The van der Waals surface area contributed by atoms with Crippen molar-refractivity contribution in [2.45, 2.75) is 64.6 Å². The number of carbonyl (C=O) groups excluding carboxylic acids is 3. The van der Waals surface area contributed by atoms with Crippen LogP contribution in [0.5, 0.6) is 0 Å². The van der Waals surface area contributed by atoms with Gasteiger partial charge in [0, 0.05) is 30.3 Å². The van der Waals surface area contributed by atoms with Gasteiger partial charge in [0.25, 0.3) is 11.8 Å². The SMILES string of the molecule is CC(=O)Nc1ccc(C(=O)NC2CCC(n3cc(C(=O)NC(C)C)nn3)CC2)cc1. The van der Waals surface area contributed by atoms with E-state index < -0.39 is 0 Å². The quantitative estimate of drug-likeness (QED) is 0.673. The topological polar surface area (TPSA) is 118 Å². The molecule has 9 heteroatoms. The van der Waals surface area contributed by atoms with Crippen LogP contribution in [0.1, 0.15) is 73.3 Å². The molecule has 30 heavy (non-hydrogen) atoms. The van der Waals surface area contributed by atoms with Crippen LogP contribution in [0.2, 0.25) is 0 Å². The Morgan fingerprint density at radius 2 is 1.70 bits per heavy atom. The summed E-state index contributed by atoms with van der Waals surface area (Å²) in [5.74, 6) is -0.494. The highest BCUT2D eigenvalue weighted by Crippen LogP contribution is 2.28. The van der Waals surface area contributed by atoms with Crippen molar-refractivity contribution in [1.29, 1.82) is 0 Å². The zero-order valence-electron chi connectivity index (χ0n) is 17.5. The van der Waals surface area contributed by atoms with E-state index in [1.807, 2.05) is 13.8 Å². The number of nitrogens with one attached hydrogen (secondary N) is 3. The minimum atomic E-state index is -0.221. The molecule has 0 atom stereocenters. The number of anilines is 1. The molecule has 1 saturated carbocycles. The molecule has 3 rings (SSSR count). The normalized spacial score (nSPS) is 18.7. The van der Waals surface area contributed by atoms with E-state index in [2.05, 4.69) is 26.3 Å². The van der Waals surface area contributed by atoms with Gasteiger partial charge >= 0.3 is 0 Å². The monoisotopic (exact) mass is 412 g/mol. The summed E-state index contributed by atoms with van der Waals surface area (Å²) in [6.07, 6.45) is 5.04. The molecule has 1 aromatic carbocycles. The molecule has 3 amide bonds. The predicted octanol–water partition coefficient (Wildman–Crippen LogP) is 2.29. The van der Waals surface area contributed by atoms with Crippen molar-refractivity contribution >= 4 is 23.4 Å². The Morgan fingerprint density at radius 1 is 1.03 bits per heavy atom. The lowest BCUT2D eigenvalue weighted by atomic mass is 9.91. The van der Waals surface area contributed by atoms with Crippen molar-refractivity contribution < 1.29 is 14.4 Å². The van der Waals surface area contributed by atoms with Gasteiger partial charge in [0.1, 0.15) is 0 Å². The summed E-state index contributed by atoms with van der Waals surface area (Å²) in [6.45, 7) is 5.24.